The number of para-hydroxylation sites is 1. The summed E-state index contributed by atoms with van der Waals surface area (Å²) in [5.41, 5.74) is -0.184. The highest BCUT2D eigenvalue weighted by atomic mass is 32.2. The van der Waals surface area contributed by atoms with Gasteiger partial charge in [0.2, 0.25) is 0 Å². The van der Waals surface area contributed by atoms with Gasteiger partial charge in [-0.05, 0) is 49.1 Å². The van der Waals surface area contributed by atoms with Crippen LogP contribution in [0.4, 0.5) is 17.6 Å². The Kier molecular flexibility index (Phi) is 10.6. The number of hydrogen-bond donors (Lipinski definition) is 1. The van der Waals surface area contributed by atoms with E-state index in [4.69, 9.17) is 9.47 Å². The summed E-state index contributed by atoms with van der Waals surface area (Å²) >= 11 is 1.06. The second-order valence-electron chi connectivity index (χ2n) is 10.9. The predicted octanol–water partition coefficient (Wildman–Crippen LogP) is 7.36. The molecule has 3 aromatic rings. The fourth-order valence-electron chi connectivity index (χ4n) is 5.60. The number of amides is 2. The lowest BCUT2D eigenvalue weighted by molar-refractivity contribution is -0.123. The van der Waals surface area contributed by atoms with Gasteiger partial charge in [0.25, 0.3) is 11.8 Å². The van der Waals surface area contributed by atoms with E-state index in [0.717, 1.165) is 35.5 Å². The van der Waals surface area contributed by atoms with Crippen molar-refractivity contribution < 1.29 is 36.6 Å². The van der Waals surface area contributed by atoms with Gasteiger partial charge in [0.1, 0.15) is 39.2 Å². The van der Waals surface area contributed by atoms with Gasteiger partial charge >= 0.3 is 0 Å². The average Bonchev–Trinajstić information content (AvgIpc) is 3.47. The number of carbonyl (C=O) groups excluding carboxylic acids is 2. The second-order valence-corrected chi connectivity index (χ2v) is 12.0. The Morgan fingerprint density at radius 1 is 0.978 bits per heavy atom. The van der Waals surface area contributed by atoms with Crippen molar-refractivity contribution >= 4 is 28.6 Å². The van der Waals surface area contributed by atoms with Gasteiger partial charge in [-0.1, -0.05) is 56.0 Å². The zero-order chi connectivity index (χ0) is 31.9. The minimum absolute atomic E-state index is 0.175. The summed E-state index contributed by atoms with van der Waals surface area (Å²) in [5, 5.41) is 7.32. The van der Waals surface area contributed by atoms with Gasteiger partial charge in [0, 0.05) is 29.8 Å². The number of ether oxygens (including phenoxy) is 2. The van der Waals surface area contributed by atoms with E-state index in [2.05, 4.69) is 10.4 Å². The molecule has 0 radical (unpaired) electrons. The lowest BCUT2D eigenvalue weighted by Crippen LogP contribution is -2.30. The molecule has 45 heavy (non-hydrogen) atoms. The molecule has 1 heterocycles. The third-order valence-electron chi connectivity index (χ3n) is 7.84. The van der Waals surface area contributed by atoms with Crippen LogP contribution in [0.5, 0.6) is 11.5 Å². The molecule has 1 N–H and O–H groups in total. The molecule has 1 aliphatic carbocycles. The second kappa shape index (κ2) is 14.8. The Balaban J connectivity index is 1.35. The topological polar surface area (TPSA) is 80.2 Å². The van der Waals surface area contributed by atoms with E-state index in [0.29, 0.717) is 29.8 Å². The number of nitrogens with zero attached hydrogens (tertiary/aromatic N) is 2. The molecule has 7 nitrogen and oxygen atoms in total. The number of hydrazone groups is 1. The highest BCUT2D eigenvalue weighted by Crippen LogP contribution is 2.47. The summed E-state index contributed by atoms with van der Waals surface area (Å²) in [7, 11) is 1.38. The largest absolute Gasteiger partial charge is 0.492 e. The van der Waals surface area contributed by atoms with Crippen LogP contribution in [0.25, 0.3) is 0 Å². The first-order chi connectivity index (χ1) is 21.7. The van der Waals surface area contributed by atoms with Crippen LogP contribution in [0.15, 0.2) is 59.7 Å². The van der Waals surface area contributed by atoms with Gasteiger partial charge in [-0.15, -0.1) is 0 Å². The molecule has 1 atom stereocenters. The highest BCUT2D eigenvalue weighted by molar-refractivity contribution is 8.14. The molecule has 0 bridgehead atoms. The van der Waals surface area contributed by atoms with Crippen molar-refractivity contribution in [1.29, 1.82) is 0 Å². The molecular formula is C33H33F4N3O4S. The molecule has 2 amide bonds. The maximum absolute atomic E-state index is 14.7. The van der Waals surface area contributed by atoms with E-state index in [1.165, 1.54) is 63.5 Å². The normalized spacial score (nSPS) is 16.8. The van der Waals surface area contributed by atoms with Gasteiger partial charge in [0.05, 0.1) is 7.11 Å². The van der Waals surface area contributed by atoms with Crippen molar-refractivity contribution in [3.63, 3.8) is 0 Å². The third-order valence-corrected chi connectivity index (χ3v) is 9.06. The fourth-order valence-corrected chi connectivity index (χ4v) is 6.78. The molecular weight excluding hydrogens is 610 g/mol. The first kappa shape index (κ1) is 32.3. The maximum atomic E-state index is 14.7. The minimum Gasteiger partial charge on any atom is -0.492 e. The van der Waals surface area contributed by atoms with Crippen molar-refractivity contribution in [2.24, 2.45) is 11.0 Å². The Morgan fingerprint density at radius 3 is 2.38 bits per heavy atom. The van der Waals surface area contributed by atoms with Crippen molar-refractivity contribution in [1.82, 2.24) is 10.3 Å². The van der Waals surface area contributed by atoms with Crippen molar-refractivity contribution in [3.05, 3.63) is 94.6 Å². The van der Waals surface area contributed by atoms with E-state index < -0.39 is 40.1 Å². The molecule has 0 saturated heterocycles. The van der Waals surface area contributed by atoms with Crippen LogP contribution >= 0.6 is 11.8 Å². The predicted molar refractivity (Wildman–Crippen MR) is 163 cm³/mol. The molecule has 12 heteroatoms. The van der Waals surface area contributed by atoms with Gasteiger partial charge < -0.3 is 14.8 Å². The summed E-state index contributed by atoms with van der Waals surface area (Å²) in [5.74, 6) is -4.80. The van der Waals surface area contributed by atoms with E-state index in [1.807, 2.05) is 0 Å². The molecule has 2 aliphatic rings. The Hall–Kier alpha value is -4.06. The number of carbonyl (C=O) groups is 2. The first-order valence-corrected chi connectivity index (χ1v) is 15.7. The van der Waals surface area contributed by atoms with Crippen molar-refractivity contribution in [3.8, 4) is 11.5 Å². The maximum Gasteiger partial charge on any atom is 0.281 e. The Labute approximate surface area is 263 Å². The Bertz CT molecular complexity index is 1540. The summed E-state index contributed by atoms with van der Waals surface area (Å²) in [6.07, 6.45) is 8.33. The smallest absolute Gasteiger partial charge is 0.281 e. The number of rotatable bonds is 11. The molecule has 0 aromatic heterocycles. The number of thioether (sulfide) groups is 1. The van der Waals surface area contributed by atoms with Crippen LogP contribution in [0.3, 0.4) is 0 Å². The summed E-state index contributed by atoms with van der Waals surface area (Å²) in [6.45, 7) is 0.263. The zero-order valence-corrected chi connectivity index (χ0v) is 25.5. The van der Waals surface area contributed by atoms with Crippen LogP contribution in [-0.4, -0.2) is 42.1 Å². The molecule has 1 fully saturated rings. The molecule has 1 unspecified atom stereocenters. The first-order valence-electron chi connectivity index (χ1n) is 14.8. The molecule has 0 spiro atoms. The van der Waals surface area contributed by atoms with Crippen LogP contribution < -0.4 is 14.8 Å². The Morgan fingerprint density at radius 2 is 1.69 bits per heavy atom. The fraction of sp³-hybridized carbons (Fsp3) is 0.364. The molecule has 238 valence electrons. The van der Waals surface area contributed by atoms with Gasteiger partial charge in [-0.3, -0.25) is 9.59 Å². The third kappa shape index (κ3) is 7.78. The quantitative estimate of drug-likeness (QED) is 0.175. The number of methoxy groups -OCH3 is 1. The van der Waals surface area contributed by atoms with Crippen LogP contribution in [-0.2, 0) is 4.79 Å². The summed E-state index contributed by atoms with van der Waals surface area (Å²) in [4.78, 5) is 26.1. The SMILES string of the molecule is COc1c(OCC(=O)NCCCC2CCCCC2)cccc1C1SC(c2ccc(F)cc2)=NN1C(=O)c1c(F)cc(F)cc1F. The van der Waals surface area contributed by atoms with Gasteiger partial charge in [-0.25, -0.2) is 22.6 Å². The van der Waals surface area contributed by atoms with Crippen LogP contribution in [0, 0.1) is 29.2 Å². The average molecular weight is 644 g/mol. The van der Waals surface area contributed by atoms with E-state index in [1.54, 1.807) is 18.2 Å². The number of benzene rings is 3. The zero-order valence-electron chi connectivity index (χ0n) is 24.7. The van der Waals surface area contributed by atoms with E-state index in [-0.39, 0.29) is 29.1 Å². The van der Waals surface area contributed by atoms with Crippen molar-refractivity contribution in [2.45, 2.75) is 50.3 Å². The van der Waals surface area contributed by atoms with E-state index in [9.17, 15) is 27.2 Å². The lowest BCUT2D eigenvalue weighted by Gasteiger charge is -2.24. The highest BCUT2D eigenvalue weighted by Gasteiger charge is 2.39. The summed E-state index contributed by atoms with van der Waals surface area (Å²) < 4.78 is 68.1. The summed E-state index contributed by atoms with van der Waals surface area (Å²) in [6, 6.07) is 11.0. The molecule has 5 rings (SSSR count). The standard InChI is InChI=1S/C33H33F4N3O4S/c1-43-30-24(10-5-11-27(30)44-19-28(41)38-16-6-9-20-7-3-2-4-8-20)33-40(32(42)29-25(36)17-23(35)18-26(29)37)39-31(45-33)21-12-14-22(34)15-13-21/h5,10-15,17-18,20,33H,2-4,6-9,16,19H2,1H3,(H,38,41). The lowest BCUT2D eigenvalue weighted by atomic mass is 9.86. The van der Waals surface area contributed by atoms with E-state index >= 15 is 0 Å². The van der Waals surface area contributed by atoms with Gasteiger partial charge in [0.15, 0.2) is 18.1 Å². The number of hydrogen-bond acceptors (Lipinski definition) is 6. The van der Waals surface area contributed by atoms with Crippen LogP contribution in [0.1, 0.15) is 71.8 Å². The van der Waals surface area contributed by atoms with Gasteiger partial charge in [-0.2, -0.15) is 5.10 Å². The molecule has 1 saturated carbocycles. The minimum atomic E-state index is -1.39. The van der Waals surface area contributed by atoms with Crippen LogP contribution in [0.2, 0.25) is 0 Å². The number of nitrogens with one attached hydrogen (secondary N) is 1. The monoisotopic (exact) mass is 643 g/mol. The molecule has 1 aliphatic heterocycles. The van der Waals surface area contributed by atoms with Crippen molar-refractivity contribution in [2.75, 3.05) is 20.3 Å². The number of halogens is 4. The molecule has 3 aromatic carbocycles.